The van der Waals surface area contributed by atoms with E-state index in [2.05, 4.69) is 10.6 Å². The molecule has 22 nitrogen and oxygen atoms in total. The van der Waals surface area contributed by atoms with Gasteiger partial charge in [0.2, 0.25) is 5.91 Å². The molecule has 0 spiro atoms. The first-order valence-electron chi connectivity index (χ1n) is 35.9. The van der Waals surface area contributed by atoms with Crippen LogP contribution in [-0.2, 0) is 23.9 Å². The highest BCUT2D eigenvalue weighted by Crippen LogP contribution is 2.25. The first-order chi connectivity index (χ1) is 47.6. The minimum Gasteiger partial charge on any atom is -0.510 e. The molecule has 3 rings (SSSR count). The minimum absolute atomic E-state index is 0.0185. The number of amides is 1. The average molecular weight is 1410 g/mol. The van der Waals surface area contributed by atoms with E-state index in [0.717, 1.165) is 25.8 Å². The molecule has 0 bridgehead atoms. The second-order valence-electron chi connectivity index (χ2n) is 27.0. The molecule has 1 saturated heterocycles. The lowest BCUT2D eigenvalue weighted by atomic mass is 9.88. The monoisotopic (exact) mass is 1410 g/mol. The highest BCUT2D eigenvalue weighted by atomic mass is 16.7. The quantitative estimate of drug-likeness (QED) is 0.0126. The summed E-state index contributed by atoms with van der Waals surface area (Å²) in [5, 5.41) is 158. The van der Waals surface area contributed by atoms with Crippen molar-refractivity contribution in [1.29, 1.82) is 0 Å². The molecule has 1 amide bonds. The van der Waals surface area contributed by atoms with Crippen molar-refractivity contribution in [2.45, 2.75) is 286 Å². The third kappa shape index (κ3) is 42.2. The molecule has 0 aromatic rings. The fourth-order valence-corrected chi connectivity index (χ4v) is 11.2. The van der Waals surface area contributed by atoms with Gasteiger partial charge in [0, 0.05) is 62.0 Å². The van der Waals surface area contributed by atoms with Gasteiger partial charge in [0.1, 0.15) is 35.6 Å². The van der Waals surface area contributed by atoms with Crippen molar-refractivity contribution < 1.29 is 100 Å². The summed E-state index contributed by atoms with van der Waals surface area (Å²) < 4.78 is 11.1. The molecule has 0 aromatic carbocycles. The highest BCUT2D eigenvalue weighted by Gasteiger charge is 2.43. The van der Waals surface area contributed by atoms with E-state index < -0.39 is 104 Å². The van der Waals surface area contributed by atoms with E-state index in [1.165, 1.54) is 56.4 Å². The van der Waals surface area contributed by atoms with Crippen LogP contribution in [0, 0.1) is 17.8 Å². The number of ether oxygens (including phenoxy) is 2. The summed E-state index contributed by atoms with van der Waals surface area (Å²) in [6.07, 6.45) is 37.5. The Hall–Kier alpha value is -5.45. The van der Waals surface area contributed by atoms with Crippen molar-refractivity contribution in [3.63, 3.8) is 0 Å². The van der Waals surface area contributed by atoms with Gasteiger partial charge >= 0.3 is 0 Å². The Morgan fingerprint density at radius 2 is 1.07 bits per heavy atom. The summed E-state index contributed by atoms with van der Waals surface area (Å²) in [5.74, 6) is -1.61. The molecular weight excluding hydrogens is 1280 g/mol. The summed E-state index contributed by atoms with van der Waals surface area (Å²) in [6.45, 7) is 11.5. The van der Waals surface area contributed by atoms with Gasteiger partial charge in [-0.3, -0.25) is 14.4 Å². The summed E-state index contributed by atoms with van der Waals surface area (Å²) in [5.41, 5.74) is -0.0185. The van der Waals surface area contributed by atoms with Crippen LogP contribution in [0.15, 0.2) is 157 Å². The standard InChI is InChI=1S/C43H59NO10.C35H65NO10/c1-30(24-20-16-12-8-5-6-11-15-19-23-27-37(48)44-38-35(46)28-29-36(38)47)39(49)32(3)34(45)26-22-18-14-10-7-9-13-17-21-25-31(2)53-43-42(52)41(51)40(50)33(4)54-43;1-24(2)35(46)23-34(45)22-33(44)20-29(40)14-7-13-28(39)19-32(43)21-31(42)18-27(38)12-6-11-26(37)17-30(41)15-8-16-36-25-9-4-3-5-10-25/h5-11,13-15,17-24,26-27,30-34,39-43,45-46,49-52H,12,16,25,28-29H2,1-4H3,(H,44,48);6-7,12,14,24-34,36-45H,3-5,8-11,13,15-23H2,1-2H3/b8-5+,10-7+,11-6+,13-9+,18-14+,19-15+,21-17+,24-20+,26-22+,27-23+;12-6+,14-7+. The highest BCUT2D eigenvalue weighted by molar-refractivity contribution is 6.03. The van der Waals surface area contributed by atoms with Crippen molar-refractivity contribution in [1.82, 2.24) is 10.6 Å². The van der Waals surface area contributed by atoms with E-state index in [9.17, 15) is 91.0 Å². The van der Waals surface area contributed by atoms with E-state index in [4.69, 9.17) is 9.47 Å². The third-order valence-electron chi connectivity index (χ3n) is 17.3. The second kappa shape index (κ2) is 53.4. The number of Topliss-reactive ketones (excluding diaryl/α,β-unsaturated/α-hetero) is 2. The minimum atomic E-state index is -1.32. The molecule has 100 heavy (non-hydrogen) atoms. The number of allylic oxidation sites excluding steroid dienone is 18. The van der Waals surface area contributed by atoms with Crippen molar-refractivity contribution in [3.05, 3.63) is 157 Å². The van der Waals surface area contributed by atoms with E-state index >= 15 is 0 Å². The van der Waals surface area contributed by atoms with E-state index in [-0.39, 0.29) is 118 Å². The SMILES string of the molecule is CC(C)C(=O)CC(O)CC(O)CC(O)/C=C/CC(O)CC(O)CC(O)CC(O)/C=C/CC(O)CC(O)CCCNC1CCCCC1.CC(C/C=C/C=C/C=C/C=C/C=C/C(O)C(C)C(O)C(C)/C=C/CC/C=C/C=C/C=C/C=C/C(=O)NC1=C(O)CCC1=O)OC1OC(C)C(O)C(O)C1O. The summed E-state index contributed by atoms with van der Waals surface area (Å²) in [7, 11) is 0. The molecule has 19 unspecified atom stereocenters. The Balaban J connectivity index is 0.000000689. The number of unbranched alkanes of at least 4 members (excludes halogenated alkanes) is 1. The first-order valence-corrected chi connectivity index (χ1v) is 35.9. The van der Waals surface area contributed by atoms with Crippen molar-refractivity contribution >= 4 is 17.5 Å². The topological polar surface area (TPSA) is 397 Å². The molecule has 3 aliphatic rings. The lowest BCUT2D eigenvalue weighted by molar-refractivity contribution is -0.302. The zero-order valence-electron chi connectivity index (χ0n) is 59.8. The third-order valence-corrected chi connectivity index (χ3v) is 17.3. The maximum Gasteiger partial charge on any atom is 0.248 e. The zero-order chi connectivity index (χ0) is 74.4. The Kier molecular flexibility index (Phi) is 48.4. The van der Waals surface area contributed by atoms with Crippen LogP contribution < -0.4 is 10.6 Å². The van der Waals surface area contributed by atoms with E-state index in [1.807, 2.05) is 99.8 Å². The second-order valence-corrected chi connectivity index (χ2v) is 27.0. The Morgan fingerprint density at radius 1 is 0.550 bits per heavy atom. The lowest BCUT2D eigenvalue weighted by Crippen LogP contribution is -2.57. The number of aliphatic hydroxyl groups is 15. The molecule has 22 heteroatoms. The van der Waals surface area contributed by atoms with Crippen molar-refractivity contribution in [2.75, 3.05) is 6.54 Å². The fraction of sp³-hybridized carbons (Fsp3) is 0.628. The van der Waals surface area contributed by atoms with Crippen LogP contribution in [0.25, 0.3) is 0 Å². The maximum absolute atomic E-state index is 11.8. The molecule has 566 valence electrons. The zero-order valence-corrected chi connectivity index (χ0v) is 59.8. The number of nitrogens with one attached hydrogen (secondary N) is 2. The number of hydrogen-bond acceptors (Lipinski definition) is 21. The summed E-state index contributed by atoms with van der Waals surface area (Å²) in [6, 6.07) is 0.589. The van der Waals surface area contributed by atoms with Crippen LogP contribution in [0.3, 0.4) is 0 Å². The van der Waals surface area contributed by atoms with Crippen molar-refractivity contribution in [2.24, 2.45) is 17.8 Å². The van der Waals surface area contributed by atoms with Gasteiger partial charge in [-0.05, 0) is 104 Å². The van der Waals surface area contributed by atoms with Crippen LogP contribution >= 0.6 is 0 Å². The molecule has 19 atom stereocenters. The van der Waals surface area contributed by atoms with Crippen LogP contribution in [0.4, 0.5) is 0 Å². The first kappa shape index (κ1) is 90.6. The Morgan fingerprint density at radius 3 is 1.65 bits per heavy atom. The van der Waals surface area contributed by atoms with Gasteiger partial charge in [0.05, 0.1) is 79.4 Å². The van der Waals surface area contributed by atoms with Gasteiger partial charge in [0.15, 0.2) is 12.1 Å². The number of carbonyl (C=O) groups excluding carboxylic acids is 3. The van der Waals surface area contributed by atoms with E-state index in [1.54, 1.807) is 63.3 Å². The molecule has 2 aliphatic carbocycles. The average Bonchev–Trinajstić information content (AvgIpc) is 0.893. The summed E-state index contributed by atoms with van der Waals surface area (Å²) >= 11 is 0. The van der Waals surface area contributed by atoms with Gasteiger partial charge in [-0.25, -0.2) is 0 Å². The molecule has 0 aromatic heterocycles. The van der Waals surface area contributed by atoms with Crippen LogP contribution in [0.1, 0.15) is 176 Å². The van der Waals surface area contributed by atoms with Crippen molar-refractivity contribution in [3.8, 4) is 0 Å². The maximum atomic E-state index is 11.8. The van der Waals surface area contributed by atoms with Crippen LogP contribution in [0.5, 0.6) is 0 Å². The normalized spacial score (nSPS) is 23.8. The van der Waals surface area contributed by atoms with Gasteiger partial charge in [-0.2, -0.15) is 0 Å². The lowest BCUT2D eigenvalue weighted by Gasteiger charge is -2.39. The number of ketones is 2. The molecule has 17 N–H and O–H groups in total. The molecule has 1 heterocycles. The summed E-state index contributed by atoms with van der Waals surface area (Å²) in [4.78, 5) is 35.1. The van der Waals surface area contributed by atoms with Gasteiger partial charge < -0.3 is 96.7 Å². The van der Waals surface area contributed by atoms with Crippen LogP contribution in [0.2, 0.25) is 0 Å². The van der Waals surface area contributed by atoms with E-state index in [0.29, 0.717) is 18.9 Å². The number of aliphatic hydroxyl groups excluding tert-OH is 15. The molecule has 1 saturated carbocycles. The molecule has 2 fully saturated rings. The predicted octanol–water partition coefficient (Wildman–Crippen LogP) is 6.98. The van der Waals surface area contributed by atoms with Crippen LogP contribution in [-0.4, -0.2) is 211 Å². The van der Waals surface area contributed by atoms with Gasteiger partial charge in [0.25, 0.3) is 0 Å². The number of hydrogen-bond donors (Lipinski definition) is 17. The predicted molar refractivity (Wildman–Crippen MR) is 388 cm³/mol. The van der Waals surface area contributed by atoms with Gasteiger partial charge in [-0.15, -0.1) is 0 Å². The fourth-order valence-electron chi connectivity index (χ4n) is 11.2. The molecule has 1 aliphatic heterocycles. The molecular formula is C78H124N2O20. The van der Waals surface area contributed by atoms with Gasteiger partial charge in [-0.1, -0.05) is 187 Å². The smallest absolute Gasteiger partial charge is 0.248 e. The molecule has 0 radical (unpaired) electrons. The Bertz CT molecular complexity index is 2670. The largest absolute Gasteiger partial charge is 0.510 e. The Labute approximate surface area is 594 Å². The number of carbonyl (C=O) groups is 3. The number of rotatable bonds is 47.